The molecule has 0 aliphatic rings. The zero-order valence-corrected chi connectivity index (χ0v) is 13.8. The van der Waals surface area contributed by atoms with Crippen molar-refractivity contribution >= 4 is 17.7 Å². The molecule has 0 saturated heterocycles. The van der Waals surface area contributed by atoms with E-state index in [0.717, 1.165) is 17.3 Å². The summed E-state index contributed by atoms with van der Waals surface area (Å²) in [7, 11) is 0. The van der Waals surface area contributed by atoms with Crippen molar-refractivity contribution in [3.8, 4) is 5.75 Å². The molecule has 1 amide bonds. The highest BCUT2D eigenvalue weighted by molar-refractivity contribution is 7.98. The summed E-state index contributed by atoms with van der Waals surface area (Å²) in [4.78, 5) is 12.1. The molecule has 0 aliphatic heterocycles. The Kier molecular flexibility index (Phi) is 7.00. The number of nitrogens with one attached hydrogen (secondary N) is 1. The smallest absolute Gasteiger partial charge is 0.261 e. The van der Waals surface area contributed by atoms with E-state index in [4.69, 9.17) is 9.15 Å². The second-order valence-corrected chi connectivity index (χ2v) is 6.00. The van der Waals surface area contributed by atoms with Gasteiger partial charge >= 0.3 is 0 Å². The van der Waals surface area contributed by atoms with Crippen LogP contribution in [0.5, 0.6) is 5.75 Å². The van der Waals surface area contributed by atoms with Crippen LogP contribution in [0.2, 0.25) is 0 Å². The largest absolute Gasteiger partial charge is 0.481 e. The molecule has 0 bridgehead atoms. The Morgan fingerprint density at radius 3 is 2.78 bits per heavy atom. The quantitative estimate of drug-likeness (QED) is 0.710. The number of hydrogen-bond donors (Lipinski definition) is 1. The van der Waals surface area contributed by atoms with Crippen LogP contribution in [-0.2, 0) is 10.5 Å². The van der Waals surface area contributed by atoms with E-state index in [-0.39, 0.29) is 11.7 Å². The Labute approximate surface area is 139 Å². The number of rotatable bonds is 9. The molecule has 1 atom stereocenters. The summed E-state index contributed by atoms with van der Waals surface area (Å²) >= 11 is 1.69. The van der Waals surface area contributed by atoms with Crippen LogP contribution in [-0.4, -0.2) is 24.3 Å². The van der Waals surface area contributed by atoms with Crippen molar-refractivity contribution < 1.29 is 18.3 Å². The molecule has 1 aromatic heterocycles. The lowest BCUT2D eigenvalue weighted by Crippen LogP contribution is -2.39. The van der Waals surface area contributed by atoms with Crippen LogP contribution in [0.4, 0.5) is 4.39 Å². The molecule has 1 N–H and O–H groups in total. The zero-order valence-electron chi connectivity index (χ0n) is 13.0. The van der Waals surface area contributed by atoms with E-state index in [0.29, 0.717) is 18.7 Å². The SMILES string of the molecule is CC[C@@H](Oc1ccc(F)cc1)C(=O)NCCSCc1ccco1. The van der Waals surface area contributed by atoms with Crippen molar-refractivity contribution in [3.63, 3.8) is 0 Å². The van der Waals surface area contributed by atoms with Gasteiger partial charge in [-0.15, -0.1) is 0 Å². The van der Waals surface area contributed by atoms with Gasteiger partial charge in [-0.05, 0) is 42.8 Å². The molecule has 1 heterocycles. The molecule has 2 rings (SSSR count). The molecule has 23 heavy (non-hydrogen) atoms. The maximum atomic E-state index is 12.9. The zero-order chi connectivity index (χ0) is 16.5. The number of benzene rings is 1. The molecule has 0 spiro atoms. The van der Waals surface area contributed by atoms with Gasteiger partial charge in [0.05, 0.1) is 12.0 Å². The van der Waals surface area contributed by atoms with E-state index >= 15 is 0 Å². The Morgan fingerprint density at radius 2 is 2.13 bits per heavy atom. The standard InChI is InChI=1S/C17H20FNO3S/c1-2-16(22-14-7-5-13(18)6-8-14)17(20)19-9-11-23-12-15-4-3-10-21-15/h3-8,10,16H,2,9,11-12H2,1H3,(H,19,20)/t16-/m1/s1. The van der Waals surface area contributed by atoms with Gasteiger partial charge < -0.3 is 14.5 Å². The van der Waals surface area contributed by atoms with E-state index in [1.54, 1.807) is 18.0 Å². The number of ether oxygens (including phenoxy) is 1. The average Bonchev–Trinajstić information content (AvgIpc) is 3.07. The van der Waals surface area contributed by atoms with E-state index in [2.05, 4.69) is 5.32 Å². The summed E-state index contributed by atoms with van der Waals surface area (Å²) in [6.45, 7) is 2.44. The number of amides is 1. The molecular formula is C17H20FNO3S. The number of carbonyl (C=O) groups is 1. The summed E-state index contributed by atoms with van der Waals surface area (Å²) < 4.78 is 23.7. The first-order valence-corrected chi connectivity index (χ1v) is 8.64. The van der Waals surface area contributed by atoms with Crippen molar-refractivity contribution in [1.82, 2.24) is 5.32 Å². The fourth-order valence-corrected chi connectivity index (χ4v) is 2.68. The average molecular weight is 337 g/mol. The lowest BCUT2D eigenvalue weighted by Gasteiger charge is -2.17. The fourth-order valence-electron chi connectivity index (χ4n) is 1.93. The third-order valence-corrected chi connectivity index (χ3v) is 4.11. The van der Waals surface area contributed by atoms with Gasteiger partial charge in [-0.1, -0.05) is 6.92 Å². The van der Waals surface area contributed by atoms with Crippen LogP contribution in [0, 0.1) is 5.82 Å². The highest BCUT2D eigenvalue weighted by atomic mass is 32.2. The highest BCUT2D eigenvalue weighted by Crippen LogP contribution is 2.15. The predicted molar refractivity (Wildman–Crippen MR) is 89.0 cm³/mol. The van der Waals surface area contributed by atoms with Gasteiger partial charge in [-0.2, -0.15) is 11.8 Å². The van der Waals surface area contributed by atoms with Gasteiger partial charge in [0, 0.05) is 12.3 Å². The number of hydrogen-bond acceptors (Lipinski definition) is 4. The minimum Gasteiger partial charge on any atom is -0.481 e. The lowest BCUT2D eigenvalue weighted by atomic mass is 10.2. The number of halogens is 1. The molecule has 0 fully saturated rings. The van der Waals surface area contributed by atoms with Crippen molar-refractivity contribution in [2.75, 3.05) is 12.3 Å². The molecule has 0 radical (unpaired) electrons. The van der Waals surface area contributed by atoms with Gasteiger partial charge in [-0.3, -0.25) is 4.79 Å². The van der Waals surface area contributed by atoms with Crippen LogP contribution in [0.25, 0.3) is 0 Å². The molecule has 124 valence electrons. The number of furan rings is 1. The lowest BCUT2D eigenvalue weighted by molar-refractivity contribution is -0.127. The summed E-state index contributed by atoms with van der Waals surface area (Å²) in [6.07, 6.45) is 1.62. The van der Waals surface area contributed by atoms with Crippen molar-refractivity contribution in [3.05, 3.63) is 54.2 Å². The molecule has 0 unspecified atom stereocenters. The maximum Gasteiger partial charge on any atom is 0.261 e. The van der Waals surface area contributed by atoms with Crippen molar-refractivity contribution in [2.24, 2.45) is 0 Å². The number of carbonyl (C=O) groups excluding carboxylic acids is 1. The number of thioether (sulfide) groups is 1. The third-order valence-electron chi connectivity index (χ3n) is 3.13. The van der Waals surface area contributed by atoms with E-state index < -0.39 is 6.10 Å². The first-order valence-electron chi connectivity index (χ1n) is 7.49. The van der Waals surface area contributed by atoms with Gasteiger partial charge in [0.25, 0.3) is 5.91 Å². The van der Waals surface area contributed by atoms with Crippen molar-refractivity contribution in [2.45, 2.75) is 25.2 Å². The topological polar surface area (TPSA) is 51.5 Å². The molecule has 1 aromatic carbocycles. The Bertz CT molecular complexity index is 586. The molecule has 4 nitrogen and oxygen atoms in total. The Balaban J connectivity index is 1.68. The van der Waals surface area contributed by atoms with Crippen LogP contribution >= 0.6 is 11.8 Å². The minimum absolute atomic E-state index is 0.157. The van der Waals surface area contributed by atoms with Crippen LogP contribution in [0.3, 0.4) is 0 Å². The van der Waals surface area contributed by atoms with E-state index in [1.165, 1.54) is 24.3 Å². The van der Waals surface area contributed by atoms with Crippen molar-refractivity contribution in [1.29, 1.82) is 0 Å². The van der Waals surface area contributed by atoms with Gasteiger partial charge in [0.1, 0.15) is 17.3 Å². The summed E-state index contributed by atoms with van der Waals surface area (Å²) in [5.41, 5.74) is 0. The Morgan fingerprint density at radius 1 is 1.35 bits per heavy atom. The summed E-state index contributed by atoms with van der Waals surface area (Å²) in [5, 5.41) is 2.86. The third kappa shape index (κ3) is 5.98. The summed E-state index contributed by atoms with van der Waals surface area (Å²) in [6, 6.07) is 9.44. The monoisotopic (exact) mass is 337 g/mol. The fraction of sp³-hybridized carbons (Fsp3) is 0.353. The second kappa shape index (κ2) is 9.25. The first kappa shape index (κ1) is 17.4. The Hall–Kier alpha value is -1.95. The molecule has 2 aromatic rings. The van der Waals surface area contributed by atoms with Gasteiger partial charge in [-0.25, -0.2) is 4.39 Å². The van der Waals surface area contributed by atoms with E-state index in [9.17, 15) is 9.18 Å². The van der Waals surface area contributed by atoms with Crippen LogP contribution in [0.15, 0.2) is 47.1 Å². The minimum atomic E-state index is -0.574. The first-order chi connectivity index (χ1) is 11.2. The normalized spacial score (nSPS) is 11.9. The molecular weight excluding hydrogens is 317 g/mol. The highest BCUT2D eigenvalue weighted by Gasteiger charge is 2.17. The van der Waals surface area contributed by atoms with Gasteiger partial charge in [0.15, 0.2) is 6.10 Å². The molecule has 0 aliphatic carbocycles. The van der Waals surface area contributed by atoms with Gasteiger partial charge in [0.2, 0.25) is 0 Å². The van der Waals surface area contributed by atoms with E-state index in [1.807, 2.05) is 19.1 Å². The maximum absolute atomic E-state index is 12.9. The predicted octanol–water partition coefficient (Wildman–Crippen LogP) is 3.63. The van der Waals surface area contributed by atoms with Crippen LogP contribution < -0.4 is 10.1 Å². The molecule has 6 heteroatoms. The second-order valence-electron chi connectivity index (χ2n) is 4.89. The summed E-state index contributed by atoms with van der Waals surface area (Å²) in [5.74, 6) is 2.50. The molecule has 0 saturated carbocycles. The van der Waals surface area contributed by atoms with Crippen LogP contribution in [0.1, 0.15) is 19.1 Å².